The molecule has 1 amide bonds. The van der Waals surface area contributed by atoms with Crippen molar-refractivity contribution in [2.45, 2.75) is 0 Å². The van der Waals surface area contributed by atoms with Crippen molar-refractivity contribution in [2.24, 2.45) is 0 Å². The molecule has 0 aliphatic carbocycles. The van der Waals surface area contributed by atoms with Gasteiger partial charge in [0.2, 0.25) is 5.89 Å². The minimum Gasteiger partial charge on any atom is -0.436 e. The Morgan fingerprint density at radius 2 is 1.93 bits per heavy atom. The van der Waals surface area contributed by atoms with E-state index in [1.165, 1.54) is 0 Å². The van der Waals surface area contributed by atoms with Gasteiger partial charge in [-0.15, -0.1) is 0 Å². The summed E-state index contributed by atoms with van der Waals surface area (Å²) in [5.74, 6) is 0.250. The number of hydrogen-bond acceptors (Lipinski definition) is 5. The second-order valence-electron chi connectivity index (χ2n) is 6.31. The van der Waals surface area contributed by atoms with Crippen molar-refractivity contribution in [2.75, 3.05) is 24.3 Å². The summed E-state index contributed by atoms with van der Waals surface area (Å²) in [6, 6.07) is 16.7. The largest absolute Gasteiger partial charge is 0.436 e. The molecule has 2 aromatic heterocycles. The quantitative estimate of drug-likeness (QED) is 0.592. The maximum absolute atomic E-state index is 12.8. The Bertz CT molecular complexity index is 1080. The van der Waals surface area contributed by atoms with Crippen molar-refractivity contribution >= 4 is 28.4 Å². The molecule has 0 unspecified atom stereocenters. The summed E-state index contributed by atoms with van der Waals surface area (Å²) in [5.41, 5.74) is 4.22. The Morgan fingerprint density at radius 3 is 2.74 bits per heavy atom. The number of rotatable bonds is 4. The Kier molecular flexibility index (Phi) is 4.30. The van der Waals surface area contributed by atoms with Crippen molar-refractivity contribution in [3.63, 3.8) is 0 Å². The molecule has 0 saturated carbocycles. The number of anilines is 2. The number of benzene rings is 2. The summed E-state index contributed by atoms with van der Waals surface area (Å²) >= 11 is 0. The predicted octanol–water partition coefficient (Wildman–Crippen LogP) is 4.21. The van der Waals surface area contributed by atoms with Crippen molar-refractivity contribution in [3.8, 4) is 11.5 Å². The molecule has 2 aromatic carbocycles. The van der Waals surface area contributed by atoms with Crippen LogP contribution in [0.4, 0.5) is 11.4 Å². The third kappa shape index (κ3) is 3.37. The summed E-state index contributed by atoms with van der Waals surface area (Å²) in [6.07, 6.45) is 3.30. The fraction of sp³-hybridized carbons (Fsp3) is 0.0952. The number of para-hydroxylation sites is 1. The number of nitrogens with one attached hydrogen (secondary N) is 1. The second kappa shape index (κ2) is 6.92. The van der Waals surface area contributed by atoms with Crippen LogP contribution in [0.3, 0.4) is 0 Å². The normalized spacial score (nSPS) is 10.7. The summed E-state index contributed by atoms with van der Waals surface area (Å²) in [5, 5.41) is 2.96. The van der Waals surface area contributed by atoms with E-state index in [0.29, 0.717) is 33.8 Å². The third-order valence-electron chi connectivity index (χ3n) is 4.22. The van der Waals surface area contributed by atoms with Gasteiger partial charge >= 0.3 is 0 Å². The van der Waals surface area contributed by atoms with E-state index in [-0.39, 0.29) is 5.91 Å². The third-order valence-corrected chi connectivity index (χ3v) is 4.22. The Labute approximate surface area is 156 Å². The molecule has 6 nitrogen and oxygen atoms in total. The lowest BCUT2D eigenvalue weighted by Crippen LogP contribution is -2.14. The molecule has 2 heterocycles. The summed E-state index contributed by atoms with van der Waals surface area (Å²) in [7, 11) is 3.88. The second-order valence-corrected chi connectivity index (χ2v) is 6.31. The van der Waals surface area contributed by atoms with Gasteiger partial charge in [0.15, 0.2) is 5.58 Å². The van der Waals surface area contributed by atoms with Crippen LogP contribution in [0.5, 0.6) is 0 Å². The van der Waals surface area contributed by atoms with Crippen molar-refractivity contribution in [1.29, 1.82) is 0 Å². The van der Waals surface area contributed by atoms with E-state index in [0.717, 1.165) is 5.69 Å². The SMILES string of the molecule is CN(C)c1cccc(C(=O)Nc2ccccc2-c2nc3cnccc3o2)c1. The average Bonchev–Trinajstić information content (AvgIpc) is 3.12. The van der Waals surface area contributed by atoms with Crippen LogP contribution < -0.4 is 10.2 Å². The zero-order chi connectivity index (χ0) is 18.8. The van der Waals surface area contributed by atoms with Crippen LogP contribution in [0.1, 0.15) is 10.4 Å². The van der Waals surface area contributed by atoms with E-state index in [9.17, 15) is 4.79 Å². The van der Waals surface area contributed by atoms with Gasteiger partial charge in [0.25, 0.3) is 5.91 Å². The number of fused-ring (bicyclic) bond motifs is 1. The first-order chi connectivity index (χ1) is 13.1. The number of carbonyl (C=O) groups is 1. The molecule has 0 aliphatic rings. The molecular weight excluding hydrogens is 340 g/mol. The highest BCUT2D eigenvalue weighted by atomic mass is 16.3. The van der Waals surface area contributed by atoms with Crippen LogP contribution in [-0.4, -0.2) is 30.0 Å². The van der Waals surface area contributed by atoms with Gasteiger partial charge in [-0.3, -0.25) is 9.78 Å². The molecule has 4 aromatic rings. The molecule has 0 fully saturated rings. The van der Waals surface area contributed by atoms with Crippen LogP contribution in [0.2, 0.25) is 0 Å². The first kappa shape index (κ1) is 16.8. The van der Waals surface area contributed by atoms with E-state index >= 15 is 0 Å². The molecule has 134 valence electrons. The maximum Gasteiger partial charge on any atom is 0.255 e. The Morgan fingerprint density at radius 1 is 1.07 bits per heavy atom. The molecule has 0 aliphatic heterocycles. The zero-order valence-electron chi connectivity index (χ0n) is 15.0. The van der Waals surface area contributed by atoms with Crippen LogP contribution in [-0.2, 0) is 0 Å². The number of hydrogen-bond donors (Lipinski definition) is 1. The highest BCUT2D eigenvalue weighted by Gasteiger charge is 2.15. The minimum atomic E-state index is -0.191. The van der Waals surface area contributed by atoms with Crippen LogP contribution >= 0.6 is 0 Å². The van der Waals surface area contributed by atoms with E-state index < -0.39 is 0 Å². The highest BCUT2D eigenvalue weighted by Crippen LogP contribution is 2.30. The zero-order valence-corrected chi connectivity index (χ0v) is 15.0. The van der Waals surface area contributed by atoms with E-state index in [4.69, 9.17) is 4.42 Å². The van der Waals surface area contributed by atoms with Crippen LogP contribution in [0.15, 0.2) is 71.4 Å². The topological polar surface area (TPSA) is 71.3 Å². The lowest BCUT2D eigenvalue weighted by atomic mass is 10.1. The fourth-order valence-electron chi connectivity index (χ4n) is 2.79. The van der Waals surface area contributed by atoms with Gasteiger partial charge in [-0.1, -0.05) is 18.2 Å². The smallest absolute Gasteiger partial charge is 0.255 e. The first-order valence-corrected chi connectivity index (χ1v) is 8.50. The molecule has 0 bridgehead atoms. The predicted molar refractivity (Wildman–Crippen MR) is 106 cm³/mol. The number of nitrogens with zero attached hydrogens (tertiary/aromatic N) is 3. The Hall–Kier alpha value is -3.67. The molecule has 0 radical (unpaired) electrons. The number of carbonyl (C=O) groups excluding carboxylic acids is 1. The van der Waals surface area contributed by atoms with Gasteiger partial charge in [-0.25, -0.2) is 4.98 Å². The van der Waals surface area contributed by atoms with Crippen LogP contribution in [0.25, 0.3) is 22.6 Å². The number of oxazole rings is 1. The minimum absolute atomic E-state index is 0.191. The van der Waals surface area contributed by atoms with Gasteiger partial charge in [0, 0.05) is 37.6 Å². The standard InChI is InChI=1S/C21H18N4O2/c1-25(2)15-7-5-6-14(12-15)20(26)23-17-9-4-3-8-16(17)21-24-18-13-22-11-10-19(18)27-21/h3-13H,1-2H3,(H,23,26). The Balaban J connectivity index is 1.67. The van der Waals surface area contributed by atoms with Crippen LogP contribution in [0, 0.1) is 0 Å². The molecule has 0 spiro atoms. The number of pyridine rings is 1. The fourth-order valence-corrected chi connectivity index (χ4v) is 2.79. The summed E-state index contributed by atoms with van der Waals surface area (Å²) in [4.78, 5) is 23.2. The molecule has 0 atom stereocenters. The van der Waals surface area contributed by atoms with Crippen molar-refractivity contribution in [3.05, 3.63) is 72.6 Å². The monoisotopic (exact) mass is 358 g/mol. The van der Waals surface area contributed by atoms with Gasteiger partial charge in [0.05, 0.1) is 17.4 Å². The van der Waals surface area contributed by atoms with E-state index in [1.54, 1.807) is 24.5 Å². The van der Waals surface area contributed by atoms with Gasteiger partial charge in [-0.05, 0) is 30.3 Å². The number of amides is 1. The van der Waals surface area contributed by atoms with Crippen molar-refractivity contribution < 1.29 is 9.21 Å². The first-order valence-electron chi connectivity index (χ1n) is 8.50. The summed E-state index contributed by atoms with van der Waals surface area (Å²) in [6.45, 7) is 0. The lowest BCUT2D eigenvalue weighted by Gasteiger charge is -2.14. The van der Waals surface area contributed by atoms with Crippen molar-refractivity contribution in [1.82, 2.24) is 9.97 Å². The lowest BCUT2D eigenvalue weighted by molar-refractivity contribution is 0.102. The average molecular weight is 358 g/mol. The molecule has 0 saturated heterocycles. The maximum atomic E-state index is 12.8. The molecule has 6 heteroatoms. The summed E-state index contributed by atoms with van der Waals surface area (Å²) < 4.78 is 5.82. The van der Waals surface area contributed by atoms with E-state index in [1.807, 2.05) is 61.5 Å². The molecule has 1 N–H and O–H groups in total. The van der Waals surface area contributed by atoms with E-state index in [2.05, 4.69) is 15.3 Å². The molecule has 27 heavy (non-hydrogen) atoms. The van der Waals surface area contributed by atoms with Gasteiger partial charge in [0.1, 0.15) is 5.52 Å². The highest BCUT2D eigenvalue weighted by molar-refractivity contribution is 6.06. The van der Waals surface area contributed by atoms with Gasteiger partial charge in [-0.2, -0.15) is 0 Å². The molecular formula is C21H18N4O2. The number of aromatic nitrogens is 2. The molecule has 4 rings (SSSR count). The van der Waals surface area contributed by atoms with Gasteiger partial charge < -0.3 is 14.6 Å².